The van der Waals surface area contributed by atoms with Crippen LogP contribution in [0.15, 0.2) is 64.4 Å². The molecule has 0 aliphatic heterocycles. The van der Waals surface area contributed by atoms with Crippen molar-refractivity contribution in [1.82, 2.24) is 0 Å². The van der Waals surface area contributed by atoms with E-state index in [1.165, 1.54) is 20.9 Å². The lowest BCUT2D eigenvalue weighted by Crippen LogP contribution is -1.77. The van der Waals surface area contributed by atoms with Gasteiger partial charge in [0.25, 0.3) is 0 Å². The van der Waals surface area contributed by atoms with Crippen molar-refractivity contribution >= 4 is 11.8 Å². The molecule has 1 aromatic carbocycles. The maximum Gasteiger partial charge on any atom is 0.0124 e. The molecule has 0 aromatic heterocycles. The second-order valence-corrected chi connectivity index (χ2v) is 4.85. The first-order chi connectivity index (χ1) is 8.65. The van der Waals surface area contributed by atoms with E-state index in [2.05, 4.69) is 63.8 Å². The lowest BCUT2D eigenvalue weighted by molar-refractivity contribution is 1.36. The van der Waals surface area contributed by atoms with Gasteiger partial charge in [-0.1, -0.05) is 67.6 Å². The van der Waals surface area contributed by atoms with Crippen LogP contribution in [0, 0.1) is 6.92 Å². The molecule has 0 spiro atoms. The Hall–Kier alpha value is -1.21. The summed E-state index contributed by atoms with van der Waals surface area (Å²) in [6, 6.07) is 8.54. The molecule has 0 radical (unpaired) electrons. The Balaban J connectivity index is 0.00000137. The van der Waals surface area contributed by atoms with Crippen LogP contribution in [0.25, 0.3) is 0 Å². The van der Waals surface area contributed by atoms with Crippen LogP contribution < -0.4 is 0 Å². The van der Waals surface area contributed by atoms with Gasteiger partial charge < -0.3 is 0 Å². The van der Waals surface area contributed by atoms with Gasteiger partial charge in [-0.05, 0) is 39.0 Å². The fourth-order valence-corrected chi connectivity index (χ4v) is 2.30. The standard InChI is InChI=1S/C15H18S.C2H6/c1-5-12(3)10-14(6-2)16-15-9-7-8-13(4)11-15;1-2/h5-11H,1H2,2-4H3;1-2H3/b12-10-,14-6+;. The van der Waals surface area contributed by atoms with Crippen molar-refractivity contribution in [2.75, 3.05) is 0 Å². The SMILES string of the molecule is C=C/C(C)=C\C(=C/C)Sc1cccc(C)c1.CC. The van der Waals surface area contributed by atoms with Gasteiger partial charge in [-0.3, -0.25) is 0 Å². The molecular weight excluding hydrogens is 236 g/mol. The Labute approximate surface area is 117 Å². The summed E-state index contributed by atoms with van der Waals surface area (Å²) < 4.78 is 0. The van der Waals surface area contributed by atoms with Crippen LogP contribution in [-0.4, -0.2) is 0 Å². The average molecular weight is 260 g/mol. The van der Waals surface area contributed by atoms with Crippen molar-refractivity contribution in [2.24, 2.45) is 0 Å². The molecule has 18 heavy (non-hydrogen) atoms. The molecule has 0 heterocycles. The highest BCUT2D eigenvalue weighted by Gasteiger charge is 1.97. The Morgan fingerprint density at radius 2 is 1.94 bits per heavy atom. The number of aryl methyl sites for hydroxylation is 1. The van der Waals surface area contributed by atoms with Gasteiger partial charge in [0.1, 0.15) is 0 Å². The minimum atomic E-state index is 1.19. The summed E-state index contributed by atoms with van der Waals surface area (Å²) in [5, 5.41) is 0. The summed E-state index contributed by atoms with van der Waals surface area (Å²) in [6.07, 6.45) is 6.15. The molecule has 0 unspecified atom stereocenters. The molecule has 0 aliphatic carbocycles. The molecule has 0 nitrogen and oxygen atoms in total. The fourth-order valence-electron chi connectivity index (χ4n) is 1.27. The molecule has 0 aliphatic rings. The highest BCUT2D eigenvalue weighted by atomic mass is 32.2. The van der Waals surface area contributed by atoms with Gasteiger partial charge in [0.15, 0.2) is 0 Å². The molecule has 98 valence electrons. The zero-order chi connectivity index (χ0) is 14.0. The number of rotatable bonds is 4. The third kappa shape index (κ3) is 6.51. The topological polar surface area (TPSA) is 0 Å². The van der Waals surface area contributed by atoms with Crippen molar-refractivity contribution in [3.05, 3.63) is 65.1 Å². The van der Waals surface area contributed by atoms with Crippen LogP contribution in [0.2, 0.25) is 0 Å². The van der Waals surface area contributed by atoms with E-state index in [0.29, 0.717) is 0 Å². The minimum Gasteiger partial charge on any atom is -0.0988 e. The van der Waals surface area contributed by atoms with E-state index >= 15 is 0 Å². The van der Waals surface area contributed by atoms with Gasteiger partial charge in [0.05, 0.1) is 0 Å². The monoisotopic (exact) mass is 260 g/mol. The summed E-state index contributed by atoms with van der Waals surface area (Å²) in [5.41, 5.74) is 2.48. The smallest absolute Gasteiger partial charge is 0.0124 e. The van der Waals surface area contributed by atoms with Crippen LogP contribution in [0.4, 0.5) is 0 Å². The van der Waals surface area contributed by atoms with Gasteiger partial charge in [-0.15, -0.1) is 0 Å². The predicted molar refractivity (Wildman–Crippen MR) is 86.1 cm³/mol. The maximum absolute atomic E-state index is 3.76. The van der Waals surface area contributed by atoms with Crippen molar-refractivity contribution < 1.29 is 0 Å². The van der Waals surface area contributed by atoms with Gasteiger partial charge in [0.2, 0.25) is 0 Å². The van der Waals surface area contributed by atoms with Gasteiger partial charge in [-0.25, -0.2) is 0 Å². The van der Waals surface area contributed by atoms with Crippen LogP contribution in [0.3, 0.4) is 0 Å². The maximum atomic E-state index is 3.76. The third-order valence-corrected chi connectivity index (χ3v) is 3.28. The van der Waals surface area contributed by atoms with Crippen LogP contribution in [-0.2, 0) is 0 Å². The van der Waals surface area contributed by atoms with Crippen LogP contribution in [0.5, 0.6) is 0 Å². The summed E-state index contributed by atoms with van der Waals surface area (Å²) in [5.74, 6) is 0. The van der Waals surface area contributed by atoms with E-state index in [1.807, 2.05) is 19.9 Å². The summed E-state index contributed by atoms with van der Waals surface area (Å²) in [6.45, 7) is 14.0. The summed E-state index contributed by atoms with van der Waals surface area (Å²) >= 11 is 1.78. The minimum absolute atomic E-state index is 1.19. The Morgan fingerprint density at radius 3 is 2.44 bits per heavy atom. The molecule has 1 rings (SSSR count). The Morgan fingerprint density at radius 1 is 1.28 bits per heavy atom. The lowest BCUT2D eigenvalue weighted by Gasteiger charge is -2.04. The van der Waals surface area contributed by atoms with Crippen molar-refractivity contribution in [2.45, 2.75) is 39.5 Å². The summed E-state index contributed by atoms with van der Waals surface area (Å²) in [4.78, 5) is 2.53. The summed E-state index contributed by atoms with van der Waals surface area (Å²) in [7, 11) is 0. The van der Waals surface area contributed by atoms with Crippen LogP contribution in [0.1, 0.15) is 33.3 Å². The van der Waals surface area contributed by atoms with E-state index in [1.54, 1.807) is 11.8 Å². The largest absolute Gasteiger partial charge is 0.0988 e. The van der Waals surface area contributed by atoms with E-state index < -0.39 is 0 Å². The van der Waals surface area contributed by atoms with Crippen LogP contribution >= 0.6 is 11.8 Å². The van der Waals surface area contributed by atoms with Gasteiger partial charge in [-0.2, -0.15) is 0 Å². The second-order valence-electron chi connectivity index (χ2n) is 3.70. The molecule has 0 saturated carbocycles. The van der Waals surface area contributed by atoms with Crippen molar-refractivity contribution in [3.8, 4) is 0 Å². The number of thioether (sulfide) groups is 1. The molecule has 1 aromatic rings. The number of hydrogen-bond acceptors (Lipinski definition) is 1. The van der Waals surface area contributed by atoms with Gasteiger partial charge in [0, 0.05) is 9.80 Å². The zero-order valence-corrected chi connectivity index (χ0v) is 13.0. The van der Waals surface area contributed by atoms with E-state index in [0.717, 1.165) is 0 Å². The Kier molecular flexibility index (Phi) is 9.13. The second kappa shape index (κ2) is 9.78. The first-order valence-electron chi connectivity index (χ1n) is 6.37. The average Bonchev–Trinajstić information content (AvgIpc) is 2.40. The zero-order valence-electron chi connectivity index (χ0n) is 12.2. The molecule has 0 amide bonds. The molecule has 0 fully saturated rings. The molecule has 1 heteroatoms. The first kappa shape index (κ1) is 16.8. The normalized spacial score (nSPS) is 11.6. The molecule has 0 N–H and O–H groups in total. The van der Waals surface area contributed by atoms with Gasteiger partial charge >= 0.3 is 0 Å². The number of allylic oxidation sites excluding steroid dienone is 4. The fraction of sp³-hybridized carbons (Fsp3) is 0.294. The molecule has 0 atom stereocenters. The molecule has 0 bridgehead atoms. The quantitative estimate of drug-likeness (QED) is 0.462. The third-order valence-electron chi connectivity index (χ3n) is 2.20. The van der Waals surface area contributed by atoms with Crippen molar-refractivity contribution in [3.63, 3.8) is 0 Å². The Bertz CT molecular complexity index is 425. The molecular formula is C17H24S. The van der Waals surface area contributed by atoms with E-state index in [9.17, 15) is 0 Å². The highest BCUT2D eigenvalue weighted by Crippen LogP contribution is 2.28. The number of benzene rings is 1. The first-order valence-corrected chi connectivity index (χ1v) is 7.19. The highest BCUT2D eigenvalue weighted by molar-refractivity contribution is 8.03. The number of hydrogen-bond donors (Lipinski definition) is 0. The lowest BCUT2D eigenvalue weighted by atomic mass is 10.2. The molecule has 0 saturated heterocycles. The van der Waals surface area contributed by atoms with Crippen molar-refractivity contribution in [1.29, 1.82) is 0 Å². The van der Waals surface area contributed by atoms with E-state index in [4.69, 9.17) is 0 Å². The van der Waals surface area contributed by atoms with E-state index in [-0.39, 0.29) is 0 Å². The predicted octanol–water partition coefficient (Wildman–Crippen LogP) is 6.15.